The first-order valence-electron chi connectivity index (χ1n) is 6.13. The number of fused-ring (bicyclic) bond motifs is 1. The number of aromatic nitrogens is 4. The van der Waals surface area contributed by atoms with E-state index < -0.39 is 30.6 Å². The first kappa shape index (κ1) is 13.2. The summed E-state index contributed by atoms with van der Waals surface area (Å²) in [4.78, 5) is 12.0. The third kappa shape index (κ3) is 1.83. The molecule has 0 aromatic carbocycles. The number of nitrogens with zero attached hydrogens (tertiary/aromatic N) is 4. The molecular weight excluding hydrogens is 266 g/mol. The lowest BCUT2D eigenvalue weighted by Crippen LogP contribution is -2.54. The molecule has 20 heavy (non-hydrogen) atoms. The molecule has 2 aromatic rings. The van der Waals surface area contributed by atoms with Crippen molar-refractivity contribution in [2.45, 2.75) is 37.6 Å². The lowest BCUT2D eigenvalue weighted by Gasteiger charge is -2.39. The summed E-state index contributed by atoms with van der Waals surface area (Å²) >= 11 is 0. The quantitative estimate of drug-likeness (QED) is 0.490. The van der Waals surface area contributed by atoms with Crippen molar-refractivity contribution in [1.29, 1.82) is 0 Å². The molecule has 5 atom stereocenters. The molecule has 108 valence electrons. The topological polar surface area (TPSA) is 140 Å². The second-order valence-corrected chi connectivity index (χ2v) is 4.79. The van der Waals surface area contributed by atoms with Gasteiger partial charge < -0.3 is 25.8 Å². The van der Waals surface area contributed by atoms with E-state index in [1.807, 2.05) is 0 Å². The highest BCUT2D eigenvalue weighted by atomic mass is 16.5. The first-order valence-corrected chi connectivity index (χ1v) is 6.13. The van der Waals surface area contributed by atoms with Gasteiger partial charge in [-0.3, -0.25) is 4.57 Å². The number of hydrogen-bond acceptors (Lipinski definition) is 8. The van der Waals surface area contributed by atoms with Gasteiger partial charge in [-0.2, -0.15) is 0 Å². The maximum absolute atomic E-state index is 10.1. The number of nitrogen functional groups attached to an aromatic ring is 1. The SMILES string of the molecule is C[C@@H]1O[C@@H](n2cnc3c(N)ncnc32)[C@@H](O)[C@@H](O)[C@@H]1O. The van der Waals surface area contributed by atoms with Gasteiger partial charge in [-0.1, -0.05) is 0 Å². The molecule has 2 aromatic heterocycles. The minimum atomic E-state index is -1.32. The highest BCUT2D eigenvalue weighted by Crippen LogP contribution is 2.30. The van der Waals surface area contributed by atoms with Gasteiger partial charge in [0.2, 0.25) is 0 Å². The summed E-state index contributed by atoms with van der Waals surface area (Å²) in [6.07, 6.45) is -2.66. The van der Waals surface area contributed by atoms with Crippen molar-refractivity contribution in [3.05, 3.63) is 12.7 Å². The average Bonchev–Trinajstić information content (AvgIpc) is 2.86. The van der Waals surface area contributed by atoms with Crippen molar-refractivity contribution in [1.82, 2.24) is 19.5 Å². The molecule has 0 unspecified atom stereocenters. The summed E-state index contributed by atoms with van der Waals surface area (Å²) in [7, 11) is 0. The van der Waals surface area contributed by atoms with Gasteiger partial charge in [0, 0.05) is 0 Å². The summed E-state index contributed by atoms with van der Waals surface area (Å²) in [5.74, 6) is 0.215. The molecule has 0 spiro atoms. The van der Waals surface area contributed by atoms with E-state index in [1.54, 1.807) is 6.92 Å². The predicted molar refractivity (Wildman–Crippen MR) is 67.3 cm³/mol. The highest BCUT2D eigenvalue weighted by molar-refractivity contribution is 5.81. The van der Waals surface area contributed by atoms with Gasteiger partial charge >= 0.3 is 0 Å². The van der Waals surface area contributed by atoms with Gasteiger partial charge in [0.25, 0.3) is 0 Å². The molecule has 1 aliphatic rings. The van der Waals surface area contributed by atoms with E-state index in [1.165, 1.54) is 17.2 Å². The van der Waals surface area contributed by atoms with Crippen molar-refractivity contribution in [3.8, 4) is 0 Å². The Hall–Kier alpha value is -1.81. The maximum atomic E-state index is 10.1. The van der Waals surface area contributed by atoms with Gasteiger partial charge in [0.1, 0.15) is 30.2 Å². The largest absolute Gasteiger partial charge is 0.388 e. The Labute approximate surface area is 113 Å². The van der Waals surface area contributed by atoms with Crippen LogP contribution in [0.2, 0.25) is 0 Å². The predicted octanol–water partition coefficient (Wildman–Crippen LogP) is -1.59. The van der Waals surface area contributed by atoms with Crippen LogP contribution in [0.15, 0.2) is 12.7 Å². The van der Waals surface area contributed by atoms with E-state index in [0.29, 0.717) is 11.2 Å². The van der Waals surface area contributed by atoms with Crippen LogP contribution in [0.5, 0.6) is 0 Å². The molecule has 0 aliphatic carbocycles. The second kappa shape index (κ2) is 4.63. The molecule has 3 heterocycles. The van der Waals surface area contributed by atoms with Crippen LogP contribution < -0.4 is 5.73 Å². The Bertz CT molecular complexity index is 632. The lowest BCUT2D eigenvalue weighted by molar-refractivity contribution is -0.239. The van der Waals surface area contributed by atoms with Crippen LogP contribution in [0.1, 0.15) is 13.2 Å². The molecule has 3 rings (SSSR count). The Morgan fingerprint density at radius 1 is 1.15 bits per heavy atom. The minimum Gasteiger partial charge on any atom is -0.388 e. The lowest BCUT2D eigenvalue weighted by atomic mass is 9.99. The van der Waals surface area contributed by atoms with Crippen molar-refractivity contribution in [2.24, 2.45) is 0 Å². The first-order chi connectivity index (χ1) is 9.50. The molecule has 0 bridgehead atoms. The number of anilines is 1. The van der Waals surface area contributed by atoms with Gasteiger partial charge in [0.05, 0.1) is 12.4 Å². The molecule has 9 nitrogen and oxygen atoms in total. The number of ether oxygens (including phenoxy) is 1. The van der Waals surface area contributed by atoms with E-state index >= 15 is 0 Å². The van der Waals surface area contributed by atoms with Gasteiger partial charge in [-0.05, 0) is 6.92 Å². The molecule has 0 amide bonds. The second-order valence-electron chi connectivity index (χ2n) is 4.79. The van der Waals surface area contributed by atoms with Gasteiger partial charge in [0.15, 0.2) is 17.7 Å². The average molecular weight is 281 g/mol. The Balaban J connectivity index is 2.04. The number of rotatable bonds is 1. The fourth-order valence-corrected chi connectivity index (χ4v) is 2.32. The third-order valence-electron chi connectivity index (χ3n) is 3.49. The Morgan fingerprint density at radius 2 is 1.90 bits per heavy atom. The maximum Gasteiger partial charge on any atom is 0.167 e. The summed E-state index contributed by atoms with van der Waals surface area (Å²) < 4.78 is 7.00. The molecule has 9 heteroatoms. The summed E-state index contributed by atoms with van der Waals surface area (Å²) in [6.45, 7) is 1.61. The molecule has 1 saturated heterocycles. The summed E-state index contributed by atoms with van der Waals surface area (Å²) in [5.41, 5.74) is 6.46. The smallest absolute Gasteiger partial charge is 0.167 e. The Morgan fingerprint density at radius 3 is 2.65 bits per heavy atom. The zero-order valence-corrected chi connectivity index (χ0v) is 10.7. The van der Waals surface area contributed by atoms with E-state index in [0.717, 1.165) is 0 Å². The van der Waals surface area contributed by atoms with Crippen molar-refractivity contribution < 1.29 is 20.1 Å². The van der Waals surface area contributed by atoms with Crippen LogP contribution >= 0.6 is 0 Å². The monoisotopic (exact) mass is 281 g/mol. The van der Waals surface area contributed by atoms with E-state index in [2.05, 4.69) is 15.0 Å². The van der Waals surface area contributed by atoms with Crippen LogP contribution in [0.3, 0.4) is 0 Å². The van der Waals surface area contributed by atoms with Crippen LogP contribution in [-0.4, -0.2) is 59.3 Å². The zero-order valence-electron chi connectivity index (χ0n) is 10.7. The van der Waals surface area contributed by atoms with Crippen molar-refractivity contribution >= 4 is 17.0 Å². The molecule has 0 radical (unpaired) electrons. The fourth-order valence-electron chi connectivity index (χ4n) is 2.32. The number of imidazole rings is 1. The van der Waals surface area contributed by atoms with Gasteiger partial charge in [-0.15, -0.1) is 0 Å². The number of hydrogen-bond donors (Lipinski definition) is 4. The molecule has 5 N–H and O–H groups in total. The van der Waals surface area contributed by atoms with E-state index in [-0.39, 0.29) is 5.82 Å². The van der Waals surface area contributed by atoms with Crippen LogP contribution in [0, 0.1) is 0 Å². The van der Waals surface area contributed by atoms with E-state index in [9.17, 15) is 15.3 Å². The van der Waals surface area contributed by atoms with Gasteiger partial charge in [-0.25, -0.2) is 15.0 Å². The molecular formula is C11H15N5O4. The fraction of sp³-hybridized carbons (Fsp3) is 0.545. The third-order valence-corrected chi connectivity index (χ3v) is 3.49. The summed E-state index contributed by atoms with van der Waals surface area (Å²) in [5, 5.41) is 29.6. The number of nitrogens with two attached hydrogens (primary N) is 1. The summed E-state index contributed by atoms with van der Waals surface area (Å²) in [6, 6.07) is 0. The highest BCUT2D eigenvalue weighted by Gasteiger charge is 2.43. The normalized spacial score (nSPS) is 34.5. The molecule has 1 aliphatic heterocycles. The number of aliphatic hydroxyl groups is 3. The van der Waals surface area contributed by atoms with Crippen LogP contribution in [0.4, 0.5) is 5.82 Å². The Kier molecular flexibility index (Phi) is 3.05. The van der Waals surface area contributed by atoms with Crippen molar-refractivity contribution in [3.63, 3.8) is 0 Å². The zero-order chi connectivity index (χ0) is 14.4. The van der Waals surface area contributed by atoms with Crippen LogP contribution in [-0.2, 0) is 4.74 Å². The van der Waals surface area contributed by atoms with Crippen molar-refractivity contribution in [2.75, 3.05) is 5.73 Å². The molecule has 1 fully saturated rings. The molecule has 0 saturated carbocycles. The standard InChI is InChI=1S/C11H15N5O4/c1-4-6(17)7(18)8(19)11(20-4)16-3-15-5-9(12)13-2-14-10(5)16/h2-4,6-8,11,17-19H,1H3,(H2,12,13,14)/t4-,6+,7-,8-,11+/m0/s1. The van der Waals surface area contributed by atoms with E-state index in [4.69, 9.17) is 10.5 Å². The number of aliphatic hydroxyl groups excluding tert-OH is 3. The minimum absolute atomic E-state index is 0.215. The van der Waals surface area contributed by atoms with Crippen LogP contribution in [0.25, 0.3) is 11.2 Å².